The molecule has 0 bridgehead atoms. The van der Waals surface area contributed by atoms with Gasteiger partial charge in [0.25, 0.3) is 5.91 Å². The van der Waals surface area contributed by atoms with Crippen molar-refractivity contribution in [3.63, 3.8) is 0 Å². The average Bonchev–Trinajstić information content (AvgIpc) is 2.43. The van der Waals surface area contributed by atoms with Gasteiger partial charge in [0.1, 0.15) is 5.69 Å². The minimum atomic E-state index is -0.139. The van der Waals surface area contributed by atoms with Crippen LogP contribution in [0.1, 0.15) is 42.4 Å². The highest BCUT2D eigenvalue weighted by Crippen LogP contribution is 2.15. The van der Waals surface area contributed by atoms with Crippen LogP contribution in [0.4, 0.5) is 0 Å². The van der Waals surface area contributed by atoms with E-state index in [0.717, 1.165) is 32.4 Å². The molecule has 1 unspecified atom stereocenters. The standard InChI is InChI=1S/C15H22N2O3/c1-3-7-20-13-5-4-6-17(10-13)15(19)14-9-12(18)8-11(2)16-14/h8-9,13H,3-7,10H2,1-2H3,(H,16,18). The van der Waals surface area contributed by atoms with Gasteiger partial charge in [-0.05, 0) is 26.2 Å². The third-order valence-electron chi connectivity index (χ3n) is 3.43. The summed E-state index contributed by atoms with van der Waals surface area (Å²) in [5, 5.41) is 0. The lowest BCUT2D eigenvalue weighted by Gasteiger charge is -2.32. The molecule has 2 rings (SSSR count). The third-order valence-corrected chi connectivity index (χ3v) is 3.43. The van der Waals surface area contributed by atoms with Crippen LogP contribution in [0.25, 0.3) is 0 Å². The summed E-state index contributed by atoms with van der Waals surface area (Å²) in [7, 11) is 0. The molecule has 20 heavy (non-hydrogen) atoms. The smallest absolute Gasteiger partial charge is 0.270 e. The van der Waals surface area contributed by atoms with E-state index in [4.69, 9.17) is 4.74 Å². The van der Waals surface area contributed by atoms with Crippen LogP contribution in [0.3, 0.4) is 0 Å². The number of carbonyl (C=O) groups is 1. The van der Waals surface area contributed by atoms with Crippen LogP contribution >= 0.6 is 0 Å². The minimum absolute atomic E-state index is 0.115. The Morgan fingerprint density at radius 2 is 2.30 bits per heavy atom. The van der Waals surface area contributed by atoms with Crippen LogP contribution in [-0.4, -0.2) is 41.6 Å². The van der Waals surface area contributed by atoms with Gasteiger partial charge in [0.05, 0.1) is 6.10 Å². The molecule has 1 fully saturated rings. The Labute approximate surface area is 118 Å². The molecule has 1 amide bonds. The summed E-state index contributed by atoms with van der Waals surface area (Å²) in [5.74, 6) is -0.115. The van der Waals surface area contributed by atoms with Crippen molar-refractivity contribution in [2.24, 2.45) is 0 Å². The number of H-pyrrole nitrogens is 1. The molecule has 0 radical (unpaired) electrons. The number of likely N-dealkylation sites (tertiary alicyclic amines) is 1. The number of aromatic nitrogens is 1. The largest absolute Gasteiger partial charge is 0.376 e. The van der Waals surface area contributed by atoms with Crippen molar-refractivity contribution in [2.45, 2.75) is 39.2 Å². The normalized spacial score (nSPS) is 19.1. The van der Waals surface area contributed by atoms with E-state index in [-0.39, 0.29) is 17.4 Å². The first-order chi connectivity index (χ1) is 9.60. The summed E-state index contributed by atoms with van der Waals surface area (Å²) in [4.78, 5) is 28.7. The molecule has 1 aliphatic rings. The highest BCUT2D eigenvalue weighted by atomic mass is 16.5. The van der Waals surface area contributed by atoms with Crippen LogP contribution < -0.4 is 5.43 Å². The van der Waals surface area contributed by atoms with Gasteiger partial charge in [-0.3, -0.25) is 9.59 Å². The van der Waals surface area contributed by atoms with Crippen molar-refractivity contribution < 1.29 is 9.53 Å². The molecule has 1 aromatic rings. The Kier molecular flexibility index (Phi) is 4.95. The lowest BCUT2D eigenvalue weighted by molar-refractivity contribution is 0.00191. The SMILES string of the molecule is CCCOC1CCCN(C(=O)c2cc(=O)cc(C)[nH]2)C1. The molecule has 5 nitrogen and oxygen atoms in total. The number of pyridine rings is 1. The topological polar surface area (TPSA) is 62.4 Å². The second-order valence-electron chi connectivity index (χ2n) is 5.30. The molecule has 1 N–H and O–H groups in total. The van der Waals surface area contributed by atoms with Gasteiger partial charge in [-0.25, -0.2) is 0 Å². The maximum Gasteiger partial charge on any atom is 0.270 e. The number of rotatable bonds is 4. The van der Waals surface area contributed by atoms with Gasteiger partial charge in [0.15, 0.2) is 5.43 Å². The number of hydrogen-bond donors (Lipinski definition) is 1. The number of hydrogen-bond acceptors (Lipinski definition) is 3. The summed E-state index contributed by atoms with van der Waals surface area (Å²) in [6, 6.07) is 2.85. The molecule has 2 heterocycles. The maximum atomic E-state index is 12.4. The summed E-state index contributed by atoms with van der Waals surface area (Å²) >= 11 is 0. The van der Waals surface area contributed by atoms with Crippen LogP contribution in [0.2, 0.25) is 0 Å². The van der Waals surface area contributed by atoms with Gasteiger partial charge in [0.2, 0.25) is 0 Å². The van der Waals surface area contributed by atoms with Crippen LogP contribution in [0.15, 0.2) is 16.9 Å². The number of ether oxygens (including phenoxy) is 1. The lowest BCUT2D eigenvalue weighted by atomic mass is 10.1. The zero-order chi connectivity index (χ0) is 14.5. The first-order valence-electron chi connectivity index (χ1n) is 7.22. The van der Waals surface area contributed by atoms with Gasteiger partial charge < -0.3 is 14.6 Å². The van der Waals surface area contributed by atoms with Crippen molar-refractivity contribution >= 4 is 5.91 Å². The molecular weight excluding hydrogens is 256 g/mol. The highest BCUT2D eigenvalue weighted by molar-refractivity contribution is 5.92. The average molecular weight is 278 g/mol. The number of amides is 1. The second kappa shape index (κ2) is 6.70. The van der Waals surface area contributed by atoms with Gasteiger partial charge in [-0.15, -0.1) is 0 Å². The summed E-state index contributed by atoms with van der Waals surface area (Å²) in [6.07, 6.45) is 3.03. The fourth-order valence-electron chi connectivity index (χ4n) is 2.51. The number of nitrogens with zero attached hydrogens (tertiary/aromatic N) is 1. The van der Waals surface area contributed by atoms with Gasteiger partial charge in [-0.2, -0.15) is 0 Å². The number of aryl methyl sites for hydroxylation is 1. The van der Waals surface area contributed by atoms with E-state index in [2.05, 4.69) is 11.9 Å². The van der Waals surface area contributed by atoms with Gasteiger partial charge in [0, 0.05) is 37.5 Å². The van der Waals surface area contributed by atoms with Crippen LogP contribution in [-0.2, 0) is 4.74 Å². The van der Waals surface area contributed by atoms with Crippen molar-refractivity contribution in [1.29, 1.82) is 0 Å². The zero-order valence-corrected chi connectivity index (χ0v) is 12.1. The predicted molar refractivity (Wildman–Crippen MR) is 77.0 cm³/mol. The Hall–Kier alpha value is -1.62. The number of piperidine rings is 1. The molecule has 0 saturated carbocycles. The molecule has 1 aliphatic heterocycles. The molecule has 1 aromatic heterocycles. The van der Waals surface area contributed by atoms with E-state index in [0.29, 0.717) is 17.9 Å². The minimum Gasteiger partial charge on any atom is -0.376 e. The van der Waals surface area contributed by atoms with E-state index >= 15 is 0 Å². The molecule has 0 aromatic carbocycles. The number of nitrogens with one attached hydrogen (secondary N) is 1. The Balaban J connectivity index is 2.06. The molecule has 1 atom stereocenters. The maximum absolute atomic E-state index is 12.4. The molecule has 1 saturated heterocycles. The summed E-state index contributed by atoms with van der Waals surface area (Å²) < 4.78 is 5.73. The van der Waals surface area contributed by atoms with Gasteiger partial charge >= 0.3 is 0 Å². The fraction of sp³-hybridized carbons (Fsp3) is 0.600. The Morgan fingerprint density at radius 1 is 1.50 bits per heavy atom. The molecule has 110 valence electrons. The first-order valence-corrected chi connectivity index (χ1v) is 7.22. The van der Waals surface area contributed by atoms with E-state index in [9.17, 15) is 9.59 Å². The van der Waals surface area contributed by atoms with Crippen molar-refractivity contribution in [3.05, 3.63) is 33.7 Å². The molecular formula is C15H22N2O3. The monoisotopic (exact) mass is 278 g/mol. The zero-order valence-electron chi connectivity index (χ0n) is 12.1. The molecule has 0 spiro atoms. The van der Waals surface area contributed by atoms with E-state index in [1.165, 1.54) is 12.1 Å². The highest BCUT2D eigenvalue weighted by Gasteiger charge is 2.25. The van der Waals surface area contributed by atoms with E-state index in [1.807, 2.05) is 0 Å². The first kappa shape index (κ1) is 14.8. The van der Waals surface area contributed by atoms with Crippen molar-refractivity contribution in [2.75, 3.05) is 19.7 Å². The quantitative estimate of drug-likeness (QED) is 0.912. The second-order valence-corrected chi connectivity index (χ2v) is 5.30. The molecule has 5 heteroatoms. The Bertz CT molecular complexity index is 524. The Morgan fingerprint density at radius 3 is 3.00 bits per heavy atom. The van der Waals surface area contributed by atoms with E-state index < -0.39 is 0 Å². The van der Waals surface area contributed by atoms with Gasteiger partial charge in [-0.1, -0.05) is 6.92 Å². The van der Waals surface area contributed by atoms with Crippen LogP contribution in [0, 0.1) is 6.92 Å². The predicted octanol–water partition coefficient (Wildman–Crippen LogP) is 1.71. The fourth-order valence-corrected chi connectivity index (χ4v) is 2.51. The van der Waals surface area contributed by atoms with Crippen molar-refractivity contribution in [3.8, 4) is 0 Å². The number of carbonyl (C=O) groups excluding carboxylic acids is 1. The number of aromatic amines is 1. The lowest BCUT2D eigenvalue weighted by Crippen LogP contribution is -2.43. The van der Waals surface area contributed by atoms with Crippen molar-refractivity contribution in [1.82, 2.24) is 9.88 Å². The third kappa shape index (κ3) is 3.70. The summed E-state index contributed by atoms with van der Waals surface area (Å²) in [6.45, 7) is 5.91. The van der Waals surface area contributed by atoms with E-state index in [1.54, 1.807) is 11.8 Å². The van der Waals surface area contributed by atoms with Crippen LogP contribution in [0.5, 0.6) is 0 Å². The summed E-state index contributed by atoms with van der Waals surface area (Å²) in [5.41, 5.74) is 0.933. The molecule has 0 aliphatic carbocycles.